The Labute approximate surface area is 104 Å². The van der Waals surface area contributed by atoms with Crippen molar-refractivity contribution in [2.24, 2.45) is 0 Å². The minimum Gasteiger partial charge on any atom is -0.496 e. The molecule has 1 aromatic rings. The molecular formula is C14H20N2O. The van der Waals surface area contributed by atoms with Crippen molar-refractivity contribution in [3.8, 4) is 11.8 Å². The lowest BCUT2D eigenvalue weighted by atomic mass is 10.1. The second-order valence-electron chi connectivity index (χ2n) is 4.28. The van der Waals surface area contributed by atoms with E-state index in [1.807, 2.05) is 18.2 Å². The molecule has 92 valence electrons. The van der Waals surface area contributed by atoms with Crippen molar-refractivity contribution >= 4 is 0 Å². The molecule has 0 aliphatic rings. The predicted molar refractivity (Wildman–Crippen MR) is 68.8 cm³/mol. The first-order chi connectivity index (χ1) is 8.19. The van der Waals surface area contributed by atoms with Crippen molar-refractivity contribution in [2.75, 3.05) is 13.7 Å². The van der Waals surface area contributed by atoms with Crippen LogP contribution in [0.2, 0.25) is 0 Å². The topological polar surface area (TPSA) is 36.3 Å². The van der Waals surface area contributed by atoms with Crippen LogP contribution in [0.3, 0.4) is 0 Å². The molecule has 0 aliphatic heterocycles. The summed E-state index contributed by atoms with van der Waals surface area (Å²) in [6, 6.07) is 10.6. The fraction of sp³-hybridized carbons (Fsp3) is 0.500. The van der Waals surface area contributed by atoms with Gasteiger partial charge < -0.3 is 4.74 Å². The second-order valence-corrected chi connectivity index (χ2v) is 4.28. The molecule has 3 heteroatoms. The van der Waals surface area contributed by atoms with Crippen LogP contribution >= 0.6 is 0 Å². The van der Waals surface area contributed by atoms with Crippen LogP contribution in [0.15, 0.2) is 24.3 Å². The van der Waals surface area contributed by atoms with Crippen molar-refractivity contribution < 1.29 is 4.74 Å². The van der Waals surface area contributed by atoms with Gasteiger partial charge in [0, 0.05) is 31.1 Å². The summed E-state index contributed by atoms with van der Waals surface area (Å²) >= 11 is 0. The SMILES string of the molecule is COc1ccccc1CN(CCC#N)C(C)C. The highest BCUT2D eigenvalue weighted by Crippen LogP contribution is 2.20. The number of methoxy groups -OCH3 is 1. The third-order valence-electron chi connectivity index (χ3n) is 2.81. The number of nitriles is 1. The molecule has 1 rings (SSSR count). The molecule has 0 bridgehead atoms. The van der Waals surface area contributed by atoms with Gasteiger partial charge in [0.1, 0.15) is 5.75 Å². The van der Waals surface area contributed by atoms with Crippen molar-refractivity contribution in [2.45, 2.75) is 32.9 Å². The van der Waals surface area contributed by atoms with E-state index in [-0.39, 0.29) is 0 Å². The minimum absolute atomic E-state index is 0.424. The third-order valence-corrected chi connectivity index (χ3v) is 2.81. The van der Waals surface area contributed by atoms with Gasteiger partial charge in [-0.15, -0.1) is 0 Å². The zero-order chi connectivity index (χ0) is 12.7. The summed E-state index contributed by atoms with van der Waals surface area (Å²) in [5, 5.41) is 8.66. The zero-order valence-corrected chi connectivity index (χ0v) is 10.8. The molecule has 0 atom stereocenters. The van der Waals surface area contributed by atoms with Crippen molar-refractivity contribution in [1.82, 2.24) is 4.90 Å². The summed E-state index contributed by atoms with van der Waals surface area (Å²) in [6.07, 6.45) is 0.563. The Hall–Kier alpha value is -1.53. The Morgan fingerprint density at radius 1 is 1.35 bits per heavy atom. The van der Waals surface area contributed by atoms with Crippen LogP contribution in [-0.4, -0.2) is 24.6 Å². The van der Waals surface area contributed by atoms with Crippen molar-refractivity contribution in [3.05, 3.63) is 29.8 Å². The highest BCUT2D eigenvalue weighted by molar-refractivity contribution is 5.33. The first-order valence-corrected chi connectivity index (χ1v) is 5.92. The Morgan fingerprint density at radius 3 is 2.65 bits per heavy atom. The van der Waals surface area contributed by atoms with E-state index in [9.17, 15) is 0 Å². The molecule has 17 heavy (non-hydrogen) atoms. The molecule has 0 amide bonds. The molecule has 0 spiro atoms. The van der Waals surface area contributed by atoms with E-state index in [2.05, 4.69) is 30.9 Å². The molecule has 0 aliphatic carbocycles. The lowest BCUT2D eigenvalue weighted by Gasteiger charge is -2.26. The van der Waals surface area contributed by atoms with Crippen LogP contribution < -0.4 is 4.74 Å². The van der Waals surface area contributed by atoms with Gasteiger partial charge >= 0.3 is 0 Å². The van der Waals surface area contributed by atoms with Gasteiger partial charge in [-0.05, 0) is 19.9 Å². The average molecular weight is 232 g/mol. The molecule has 3 nitrogen and oxygen atoms in total. The fourth-order valence-electron chi connectivity index (χ4n) is 1.77. The number of para-hydroxylation sites is 1. The molecule has 0 saturated heterocycles. The molecule has 1 aromatic carbocycles. The molecule has 0 saturated carbocycles. The van der Waals surface area contributed by atoms with Crippen LogP contribution in [0.4, 0.5) is 0 Å². The van der Waals surface area contributed by atoms with E-state index in [0.29, 0.717) is 12.5 Å². The van der Waals surface area contributed by atoms with Crippen LogP contribution in [0, 0.1) is 11.3 Å². The van der Waals surface area contributed by atoms with Crippen LogP contribution in [-0.2, 0) is 6.54 Å². The standard InChI is InChI=1S/C14H20N2O/c1-12(2)16(10-6-9-15)11-13-7-4-5-8-14(13)17-3/h4-5,7-8,12H,6,10-11H2,1-3H3. The van der Waals surface area contributed by atoms with Crippen molar-refractivity contribution in [3.63, 3.8) is 0 Å². The maximum Gasteiger partial charge on any atom is 0.123 e. The van der Waals surface area contributed by atoms with Gasteiger partial charge in [-0.1, -0.05) is 18.2 Å². The van der Waals surface area contributed by atoms with Gasteiger partial charge in [-0.3, -0.25) is 4.90 Å². The van der Waals surface area contributed by atoms with Gasteiger partial charge in [0.2, 0.25) is 0 Å². The Balaban J connectivity index is 2.75. The molecule has 0 fully saturated rings. The molecular weight excluding hydrogens is 212 g/mol. The van der Waals surface area contributed by atoms with Crippen LogP contribution in [0.5, 0.6) is 5.75 Å². The van der Waals surface area contributed by atoms with Crippen molar-refractivity contribution in [1.29, 1.82) is 5.26 Å². The molecule has 0 unspecified atom stereocenters. The summed E-state index contributed by atoms with van der Waals surface area (Å²) < 4.78 is 5.34. The quantitative estimate of drug-likeness (QED) is 0.756. The third kappa shape index (κ3) is 4.08. The largest absolute Gasteiger partial charge is 0.496 e. The first kappa shape index (κ1) is 13.5. The molecule has 0 heterocycles. The van der Waals surface area contributed by atoms with E-state index >= 15 is 0 Å². The Kier molecular flexibility index (Phi) is 5.51. The zero-order valence-electron chi connectivity index (χ0n) is 10.8. The van der Waals surface area contributed by atoms with E-state index in [4.69, 9.17) is 10.00 Å². The number of ether oxygens (including phenoxy) is 1. The summed E-state index contributed by atoms with van der Waals surface area (Å²) in [5.74, 6) is 0.912. The monoisotopic (exact) mass is 232 g/mol. The average Bonchev–Trinajstić information content (AvgIpc) is 2.34. The molecule has 0 N–H and O–H groups in total. The number of rotatable bonds is 6. The fourth-order valence-corrected chi connectivity index (χ4v) is 1.77. The van der Waals surface area contributed by atoms with E-state index < -0.39 is 0 Å². The van der Waals surface area contributed by atoms with Gasteiger partial charge in [0.25, 0.3) is 0 Å². The van der Waals surface area contributed by atoms with E-state index in [0.717, 1.165) is 18.8 Å². The summed E-state index contributed by atoms with van der Waals surface area (Å²) in [5.41, 5.74) is 1.17. The summed E-state index contributed by atoms with van der Waals surface area (Å²) in [6.45, 7) is 5.91. The van der Waals surface area contributed by atoms with E-state index in [1.54, 1.807) is 7.11 Å². The lowest BCUT2D eigenvalue weighted by molar-refractivity contribution is 0.215. The highest BCUT2D eigenvalue weighted by atomic mass is 16.5. The van der Waals surface area contributed by atoms with Crippen LogP contribution in [0.1, 0.15) is 25.8 Å². The normalized spacial score (nSPS) is 10.6. The number of nitrogens with zero attached hydrogens (tertiary/aromatic N) is 2. The Morgan fingerprint density at radius 2 is 2.06 bits per heavy atom. The number of benzene rings is 1. The molecule has 0 radical (unpaired) electrons. The second kappa shape index (κ2) is 6.93. The maximum absolute atomic E-state index is 8.66. The highest BCUT2D eigenvalue weighted by Gasteiger charge is 2.12. The minimum atomic E-state index is 0.424. The lowest BCUT2D eigenvalue weighted by Crippen LogP contribution is -2.31. The van der Waals surface area contributed by atoms with E-state index in [1.165, 1.54) is 5.56 Å². The smallest absolute Gasteiger partial charge is 0.123 e. The number of hydrogen-bond donors (Lipinski definition) is 0. The first-order valence-electron chi connectivity index (χ1n) is 5.92. The molecule has 0 aromatic heterocycles. The number of hydrogen-bond acceptors (Lipinski definition) is 3. The summed E-state index contributed by atoms with van der Waals surface area (Å²) in [7, 11) is 1.69. The maximum atomic E-state index is 8.66. The van der Waals surface area contributed by atoms with Gasteiger partial charge in [0.15, 0.2) is 0 Å². The van der Waals surface area contributed by atoms with Gasteiger partial charge in [-0.25, -0.2) is 0 Å². The predicted octanol–water partition coefficient (Wildman–Crippen LogP) is 2.82. The Bertz CT molecular complexity index is 382. The summed E-state index contributed by atoms with van der Waals surface area (Å²) in [4.78, 5) is 2.28. The van der Waals surface area contributed by atoms with Crippen LogP contribution in [0.25, 0.3) is 0 Å². The van der Waals surface area contributed by atoms with Gasteiger partial charge in [-0.2, -0.15) is 5.26 Å². The van der Waals surface area contributed by atoms with Gasteiger partial charge in [0.05, 0.1) is 13.2 Å².